The van der Waals surface area contributed by atoms with Crippen molar-refractivity contribution in [3.8, 4) is 0 Å². The number of benzene rings is 1. The summed E-state index contributed by atoms with van der Waals surface area (Å²) >= 11 is 0. The molecule has 0 aliphatic carbocycles. The second kappa shape index (κ2) is 5.32. The fourth-order valence-corrected chi connectivity index (χ4v) is 2.63. The molecule has 1 fully saturated rings. The molecular formula is C14H11F3N4O3. The van der Waals surface area contributed by atoms with Crippen molar-refractivity contribution in [1.82, 2.24) is 14.9 Å². The number of aromatic nitrogens is 2. The number of amides is 2. The molecule has 24 heavy (non-hydrogen) atoms. The van der Waals surface area contributed by atoms with Crippen molar-refractivity contribution in [2.24, 2.45) is 0 Å². The van der Waals surface area contributed by atoms with Crippen molar-refractivity contribution in [2.45, 2.75) is 25.1 Å². The summed E-state index contributed by atoms with van der Waals surface area (Å²) in [5, 5.41) is 1.80. The van der Waals surface area contributed by atoms with Gasteiger partial charge in [-0.05, 0) is 24.6 Å². The van der Waals surface area contributed by atoms with Gasteiger partial charge < -0.3 is 5.73 Å². The fraction of sp³-hybridized carbons (Fsp3) is 0.286. The van der Waals surface area contributed by atoms with Gasteiger partial charge in [0.2, 0.25) is 17.6 Å². The molecular weight excluding hydrogens is 329 g/mol. The number of alkyl halides is 3. The molecule has 2 heterocycles. The molecule has 1 aliphatic heterocycles. The molecule has 2 amide bonds. The number of carbonyl (C=O) groups is 2. The quantitative estimate of drug-likeness (QED) is 0.594. The first kappa shape index (κ1) is 16.0. The summed E-state index contributed by atoms with van der Waals surface area (Å²) < 4.78 is 40.3. The summed E-state index contributed by atoms with van der Waals surface area (Å²) in [6.45, 7) is 0. The number of hydrogen-bond donors (Lipinski definition) is 2. The number of nitrogens with one attached hydrogen (secondary N) is 1. The van der Waals surface area contributed by atoms with Crippen molar-refractivity contribution in [2.75, 3.05) is 5.73 Å². The smallest absolute Gasteiger partial charge is 0.399 e. The van der Waals surface area contributed by atoms with Crippen molar-refractivity contribution < 1.29 is 22.8 Å². The molecule has 7 nitrogen and oxygen atoms in total. The molecule has 2 aromatic rings. The Morgan fingerprint density at radius 2 is 1.96 bits per heavy atom. The number of anilines is 1. The van der Waals surface area contributed by atoms with Gasteiger partial charge in [-0.2, -0.15) is 13.2 Å². The van der Waals surface area contributed by atoms with Crippen LogP contribution in [0.1, 0.15) is 24.7 Å². The van der Waals surface area contributed by atoms with Crippen LogP contribution in [-0.4, -0.2) is 21.4 Å². The van der Waals surface area contributed by atoms with E-state index in [2.05, 4.69) is 4.98 Å². The van der Waals surface area contributed by atoms with E-state index in [4.69, 9.17) is 5.73 Å². The standard InChI is InChI=1S/C14H11F3N4O3/c15-14(16,17)13-19-8-2-1-6(18)5-7(8)12(24)21(13)9-3-4-10(22)20-11(9)23/h1-2,5,9H,3-4,18H2,(H,20,22,23). The topological polar surface area (TPSA) is 107 Å². The van der Waals surface area contributed by atoms with Gasteiger partial charge in [-0.3, -0.25) is 24.3 Å². The van der Waals surface area contributed by atoms with Crippen LogP contribution in [0.5, 0.6) is 0 Å². The number of nitrogen functional groups attached to an aromatic ring is 1. The summed E-state index contributed by atoms with van der Waals surface area (Å²) in [5.41, 5.74) is 4.54. The molecule has 3 rings (SSSR count). The molecule has 3 N–H and O–H groups in total. The average Bonchev–Trinajstić information content (AvgIpc) is 2.48. The molecule has 0 bridgehead atoms. The van der Waals surface area contributed by atoms with Crippen molar-refractivity contribution in [1.29, 1.82) is 0 Å². The number of piperidine rings is 1. The SMILES string of the molecule is Nc1ccc2nc(C(F)(F)F)n(C3CCC(=O)NC3=O)c(=O)c2c1. The normalized spacial score (nSPS) is 18.7. The van der Waals surface area contributed by atoms with E-state index < -0.39 is 35.4 Å². The van der Waals surface area contributed by atoms with Crippen LogP contribution in [0.4, 0.5) is 18.9 Å². The number of hydrogen-bond acceptors (Lipinski definition) is 5. The number of fused-ring (bicyclic) bond motifs is 1. The van der Waals surface area contributed by atoms with Gasteiger partial charge in [0.05, 0.1) is 10.9 Å². The van der Waals surface area contributed by atoms with Crippen LogP contribution in [0.15, 0.2) is 23.0 Å². The van der Waals surface area contributed by atoms with Gasteiger partial charge in [-0.1, -0.05) is 0 Å². The van der Waals surface area contributed by atoms with Crippen LogP contribution in [-0.2, 0) is 15.8 Å². The van der Waals surface area contributed by atoms with Crippen molar-refractivity contribution in [3.63, 3.8) is 0 Å². The van der Waals surface area contributed by atoms with Gasteiger partial charge in [-0.15, -0.1) is 0 Å². The molecule has 1 aromatic carbocycles. The Kier molecular flexibility index (Phi) is 3.54. The van der Waals surface area contributed by atoms with Crippen LogP contribution >= 0.6 is 0 Å². The van der Waals surface area contributed by atoms with Gasteiger partial charge in [0.25, 0.3) is 5.56 Å². The van der Waals surface area contributed by atoms with Gasteiger partial charge in [-0.25, -0.2) is 4.98 Å². The highest BCUT2D eigenvalue weighted by Crippen LogP contribution is 2.31. The number of rotatable bonds is 1. The van der Waals surface area contributed by atoms with Crippen LogP contribution in [0.2, 0.25) is 0 Å². The first-order chi connectivity index (χ1) is 11.2. The van der Waals surface area contributed by atoms with E-state index in [9.17, 15) is 27.6 Å². The van der Waals surface area contributed by atoms with Crippen LogP contribution in [0.3, 0.4) is 0 Å². The highest BCUT2D eigenvalue weighted by molar-refractivity contribution is 5.99. The summed E-state index contributed by atoms with van der Waals surface area (Å²) in [6, 6.07) is 2.26. The minimum Gasteiger partial charge on any atom is -0.399 e. The third-order valence-electron chi connectivity index (χ3n) is 3.70. The molecule has 0 radical (unpaired) electrons. The van der Waals surface area contributed by atoms with E-state index in [-0.39, 0.29) is 29.4 Å². The van der Waals surface area contributed by atoms with E-state index in [0.29, 0.717) is 4.57 Å². The molecule has 1 unspecified atom stereocenters. The van der Waals surface area contributed by atoms with Crippen molar-refractivity contribution >= 4 is 28.4 Å². The Morgan fingerprint density at radius 1 is 1.25 bits per heavy atom. The second-order valence-electron chi connectivity index (χ2n) is 5.35. The fourth-order valence-electron chi connectivity index (χ4n) is 2.63. The molecule has 10 heteroatoms. The molecule has 0 saturated carbocycles. The van der Waals surface area contributed by atoms with Crippen molar-refractivity contribution in [3.05, 3.63) is 34.4 Å². The summed E-state index contributed by atoms with van der Waals surface area (Å²) in [4.78, 5) is 39.2. The Hall–Kier alpha value is -2.91. The van der Waals surface area contributed by atoms with Gasteiger partial charge in [0, 0.05) is 12.1 Å². The second-order valence-corrected chi connectivity index (χ2v) is 5.35. The molecule has 1 saturated heterocycles. The Balaban J connectivity index is 2.32. The zero-order valence-corrected chi connectivity index (χ0v) is 12.1. The van der Waals surface area contributed by atoms with E-state index in [0.717, 1.165) is 0 Å². The zero-order valence-electron chi connectivity index (χ0n) is 12.1. The lowest BCUT2D eigenvalue weighted by atomic mass is 10.1. The van der Waals surface area contributed by atoms with E-state index in [1.807, 2.05) is 5.32 Å². The maximum atomic E-state index is 13.3. The number of imide groups is 1. The minimum absolute atomic E-state index is 0.132. The molecule has 0 spiro atoms. The third kappa shape index (κ3) is 2.59. The molecule has 1 aliphatic rings. The summed E-state index contributed by atoms with van der Waals surface area (Å²) in [7, 11) is 0. The van der Waals surface area contributed by atoms with E-state index >= 15 is 0 Å². The van der Waals surface area contributed by atoms with Crippen LogP contribution in [0, 0.1) is 0 Å². The third-order valence-corrected chi connectivity index (χ3v) is 3.70. The lowest BCUT2D eigenvalue weighted by Gasteiger charge is -2.25. The number of nitrogens with two attached hydrogens (primary N) is 1. The minimum atomic E-state index is -4.95. The molecule has 126 valence electrons. The number of carbonyl (C=O) groups excluding carboxylic acids is 2. The van der Waals surface area contributed by atoms with Gasteiger partial charge in [0.1, 0.15) is 6.04 Å². The Bertz CT molecular complexity index is 920. The van der Waals surface area contributed by atoms with Gasteiger partial charge >= 0.3 is 6.18 Å². The van der Waals surface area contributed by atoms with Crippen LogP contribution in [0.25, 0.3) is 10.9 Å². The predicted octanol–water partition coefficient (Wildman–Crippen LogP) is 0.975. The van der Waals surface area contributed by atoms with Crippen LogP contribution < -0.4 is 16.6 Å². The maximum absolute atomic E-state index is 13.3. The molecule has 1 aromatic heterocycles. The van der Waals surface area contributed by atoms with E-state index in [1.54, 1.807) is 0 Å². The largest absolute Gasteiger partial charge is 0.449 e. The first-order valence-electron chi connectivity index (χ1n) is 6.91. The maximum Gasteiger partial charge on any atom is 0.449 e. The predicted molar refractivity (Wildman–Crippen MR) is 76.8 cm³/mol. The van der Waals surface area contributed by atoms with Gasteiger partial charge in [0.15, 0.2) is 0 Å². The Labute approximate surface area is 132 Å². The number of nitrogens with zero attached hydrogens (tertiary/aromatic N) is 2. The summed E-state index contributed by atoms with van der Waals surface area (Å²) in [6.07, 6.45) is -5.34. The lowest BCUT2D eigenvalue weighted by molar-refractivity contribution is -0.150. The highest BCUT2D eigenvalue weighted by Gasteiger charge is 2.41. The monoisotopic (exact) mass is 340 g/mol. The highest BCUT2D eigenvalue weighted by atomic mass is 19.4. The number of halogens is 3. The summed E-state index contributed by atoms with van der Waals surface area (Å²) in [5.74, 6) is -3.06. The van der Waals surface area contributed by atoms with E-state index in [1.165, 1.54) is 18.2 Å². The zero-order chi connectivity index (χ0) is 17.6. The molecule has 1 atom stereocenters. The lowest BCUT2D eigenvalue weighted by Crippen LogP contribution is -2.46. The Morgan fingerprint density at radius 3 is 2.58 bits per heavy atom. The first-order valence-corrected chi connectivity index (χ1v) is 6.91. The average molecular weight is 340 g/mol.